The maximum Gasteiger partial charge on any atom is 0.127 e. The summed E-state index contributed by atoms with van der Waals surface area (Å²) >= 11 is 1.24. The fourth-order valence-electron chi connectivity index (χ4n) is 3.76. The first kappa shape index (κ1) is 18.4. The fraction of sp³-hybridized carbons (Fsp3) is 0.400. The molecule has 1 N–H and O–H groups in total. The van der Waals surface area contributed by atoms with E-state index in [-0.39, 0.29) is 18.5 Å². The van der Waals surface area contributed by atoms with Gasteiger partial charge in [0.2, 0.25) is 0 Å². The molecule has 1 aliphatic heterocycles. The third kappa shape index (κ3) is 4.32. The number of hydrogen-bond acceptors (Lipinski definition) is 6. The molecule has 5 nitrogen and oxygen atoms in total. The summed E-state index contributed by atoms with van der Waals surface area (Å²) < 4.78 is 22.6. The van der Waals surface area contributed by atoms with Crippen LogP contribution in [0.5, 0.6) is 0 Å². The van der Waals surface area contributed by atoms with Crippen LogP contribution in [0.1, 0.15) is 17.5 Å². The van der Waals surface area contributed by atoms with Crippen molar-refractivity contribution in [2.75, 3.05) is 26.2 Å². The van der Waals surface area contributed by atoms with Crippen LogP contribution in [0.15, 0.2) is 42.5 Å². The van der Waals surface area contributed by atoms with Gasteiger partial charge in [-0.05, 0) is 30.2 Å². The number of halogens is 1. The summed E-state index contributed by atoms with van der Waals surface area (Å²) in [5.41, 5.74) is 3.83. The minimum Gasteiger partial charge on any atom is -0.396 e. The minimum atomic E-state index is -0.159. The van der Waals surface area contributed by atoms with E-state index in [4.69, 9.17) is 0 Å². The van der Waals surface area contributed by atoms with Crippen molar-refractivity contribution in [3.63, 3.8) is 0 Å². The number of piperazine rings is 1. The number of benzene rings is 2. The summed E-state index contributed by atoms with van der Waals surface area (Å²) in [4.78, 5) is 4.69. The van der Waals surface area contributed by atoms with E-state index in [9.17, 15) is 9.50 Å². The predicted molar refractivity (Wildman–Crippen MR) is 105 cm³/mol. The monoisotopic (exact) mass is 386 g/mol. The van der Waals surface area contributed by atoms with Gasteiger partial charge in [-0.2, -0.15) is 8.75 Å². The lowest BCUT2D eigenvalue weighted by molar-refractivity contribution is 0.0493. The number of rotatable bonds is 6. The zero-order chi connectivity index (χ0) is 18.6. The lowest BCUT2D eigenvalue weighted by Crippen LogP contribution is -2.52. The van der Waals surface area contributed by atoms with Gasteiger partial charge in [0.05, 0.1) is 11.7 Å². The van der Waals surface area contributed by atoms with E-state index in [2.05, 4.69) is 30.7 Å². The summed E-state index contributed by atoms with van der Waals surface area (Å²) in [5.74, 6) is -0.159. The van der Waals surface area contributed by atoms with E-state index in [1.54, 1.807) is 6.07 Å². The molecule has 0 unspecified atom stereocenters. The first-order valence-corrected chi connectivity index (χ1v) is 9.98. The van der Waals surface area contributed by atoms with Gasteiger partial charge in [0.1, 0.15) is 16.9 Å². The molecule has 27 heavy (non-hydrogen) atoms. The second-order valence-electron chi connectivity index (χ2n) is 7.05. The number of aliphatic hydroxyl groups excluding tert-OH is 1. The van der Waals surface area contributed by atoms with E-state index in [0.717, 1.165) is 42.8 Å². The molecule has 1 aromatic heterocycles. The molecule has 1 aliphatic rings. The molecular formula is C20H23FN4OS. The zero-order valence-corrected chi connectivity index (χ0v) is 15.9. The van der Waals surface area contributed by atoms with Crippen LogP contribution < -0.4 is 0 Å². The van der Waals surface area contributed by atoms with E-state index in [1.165, 1.54) is 23.4 Å². The van der Waals surface area contributed by atoms with Crippen LogP contribution in [0, 0.1) is 5.82 Å². The molecule has 7 heteroatoms. The van der Waals surface area contributed by atoms with Crippen molar-refractivity contribution in [3.05, 3.63) is 59.4 Å². The topological polar surface area (TPSA) is 52.5 Å². The highest BCUT2D eigenvalue weighted by atomic mass is 32.1. The van der Waals surface area contributed by atoms with Gasteiger partial charge in [-0.15, -0.1) is 0 Å². The largest absolute Gasteiger partial charge is 0.396 e. The Morgan fingerprint density at radius 2 is 1.93 bits per heavy atom. The number of aliphatic hydroxyl groups is 1. The Kier molecular flexibility index (Phi) is 5.73. The maximum absolute atomic E-state index is 14.0. The molecule has 2 heterocycles. The molecule has 0 amide bonds. The van der Waals surface area contributed by atoms with Crippen molar-refractivity contribution >= 4 is 22.8 Å². The molecule has 2 aromatic carbocycles. The third-order valence-corrected chi connectivity index (χ3v) is 5.76. The van der Waals surface area contributed by atoms with Crippen molar-refractivity contribution in [3.8, 4) is 0 Å². The van der Waals surface area contributed by atoms with Crippen molar-refractivity contribution in [2.24, 2.45) is 0 Å². The van der Waals surface area contributed by atoms with Gasteiger partial charge in [0.15, 0.2) is 0 Å². The highest BCUT2D eigenvalue weighted by molar-refractivity contribution is 7.00. The van der Waals surface area contributed by atoms with Crippen LogP contribution >= 0.6 is 11.7 Å². The SMILES string of the molecule is OCC[C@H]1CN(Cc2ccc3nsnc3c2)CCN1Cc1ccccc1F. The smallest absolute Gasteiger partial charge is 0.127 e. The quantitative estimate of drug-likeness (QED) is 0.706. The number of nitrogens with zero attached hydrogens (tertiary/aromatic N) is 4. The van der Waals surface area contributed by atoms with Crippen LogP contribution in [0.4, 0.5) is 4.39 Å². The van der Waals surface area contributed by atoms with E-state index < -0.39 is 0 Å². The first-order chi connectivity index (χ1) is 13.2. The first-order valence-electron chi connectivity index (χ1n) is 9.25. The van der Waals surface area contributed by atoms with Crippen LogP contribution in [-0.2, 0) is 13.1 Å². The van der Waals surface area contributed by atoms with Gasteiger partial charge >= 0.3 is 0 Å². The van der Waals surface area contributed by atoms with Crippen molar-refractivity contribution in [2.45, 2.75) is 25.6 Å². The number of aromatic nitrogens is 2. The molecule has 4 rings (SSSR count). The van der Waals surface area contributed by atoms with Gasteiger partial charge in [-0.3, -0.25) is 9.80 Å². The summed E-state index contributed by atoms with van der Waals surface area (Å²) in [6.45, 7) is 4.22. The third-order valence-electron chi connectivity index (χ3n) is 5.21. The molecule has 0 saturated carbocycles. The zero-order valence-electron chi connectivity index (χ0n) is 15.1. The fourth-order valence-corrected chi connectivity index (χ4v) is 4.28. The Bertz CT molecular complexity index is 902. The molecule has 0 aliphatic carbocycles. The molecule has 142 valence electrons. The lowest BCUT2D eigenvalue weighted by atomic mass is 10.1. The van der Waals surface area contributed by atoms with Crippen LogP contribution in [0.25, 0.3) is 11.0 Å². The highest BCUT2D eigenvalue weighted by Gasteiger charge is 2.27. The second kappa shape index (κ2) is 8.39. The van der Waals surface area contributed by atoms with Gasteiger partial charge < -0.3 is 5.11 Å². The molecule has 0 bridgehead atoms. The van der Waals surface area contributed by atoms with Gasteiger partial charge in [0.25, 0.3) is 0 Å². The van der Waals surface area contributed by atoms with E-state index in [1.807, 2.05) is 18.2 Å². The molecule has 1 atom stereocenters. The maximum atomic E-state index is 14.0. The molecule has 0 radical (unpaired) electrons. The number of hydrogen-bond donors (Lipinski definition) is 1. The molecule has 0 spiro atoms. The Morgan fingerprint density at radius 1 is 1.07 bits per heavy atom. The average molecular weight is 386 g/mol. The Morgan fingerprint density at radius 3 is 2.78 bits per heavy atom. The Hall–Kier alpha value is -1.93. The predicted octanol–water partition coefficient (Wildman–Crippen LogP) is 2.90. The van der Waals surface area contributed by atoms with Crippen molar-refractivity contribution in [1.82, 2.24) is 18.5 Å². The summed E-state index contributed by atoms with van der Waals surface area (Å²) in [6, 6.07) is 13.4. The molecule has 1 fully saturated rings. The minimum absolute atomic E-state index is 0.142. The van der Waals surface area contributed by atoms with Gasteiger partial charge in [-0.25, -0.2) is 4.39 Å². The summed E-state index contributed by atoms with van der Waals surface area (Å²) in [5, 5.41) is 9.49. The highest BCUT2D eigenvalue weighted by Crippen LogP contribution is 2.21. The van der Waals surface area contributed by atoms with Crippen LogP contribution in [0.2, 0.25) is 0 Å². The lowest BCUT2D eigenvalue weighted by Gasteiger charge is -2.41. The van der Waals surface area contributed by atoms with E-state index in [0.29, 0.717) is 13.0 Å². The van der Waals surface area contributed by atoms with Gasteiger partial charge in [-0.1, -0.05) is 24.3 Å². The molecular weight excluding hydrogens is 363 g/mol. The Balaban J connectivity index is 1.43. The Labute approximate surface area is 162 Å². The number of fused-ring (bicyclic) bond motifs is 1. The standard InChI is InChI=1S/C20H23FN4OS/c21-18-4-2-1-3-16(18)13-25-9-8-24(14-17(25)7-10-26)12-15-5-6-19-20(11-15)23-27-22-19/h1-6,11,17,26H,7-10,12-14H2/t17-/m0/s1. The molecule has 3 aromatic rings. The van der Waals surface area contributed by atoms with Crippen LogP contribution in [0.3, 0.4) is 0 Å². The summed E-state index contributed by atoms with van der Waals surface area (Å²) in [7, 11) is 0. The van der Waals surface area contributed by atoms with Gasteiger partial charge in [0, 0.05) is 50.9 Å². The normalized spacial score (nSPS) is 19.0. The van der Waals surface area contributed by atoms with Crippen LogP contribution in [-0.4, -0.2) is 55.9 Å². The summed E-state index contributed by atoms with van der Waals surface area (Å²) in [6.07, 6.45) is 0.694. The average Bonchev–Trinajstić information content (AvgIpc) is 3.13. The molecule has 1 saturated heterocycles. The van der Waals surface area contributed by atoms with Crippen molar-refractivity contribution in [1.29, 1.82) is 0 Å². The van der Waals surface area contributed by atoms with E-state index >= 15 is 0 Å². The van der Waals surface area contributed by atoms with Crippen molar-refractivity contribution < 1.29 is 9.50 Å². The second-order valence-corrected chi connectivity index (χ2v) is 7.58.